The summed E-state index contributed by atoms with van der Waals surface area (Å²) in [7, 11) is 0. The van der Waals surface area contributed by atoms with Crippen molar-refractivity contribution >= 4 is 5.78 Å². The number of hydrogen-bond donors (Lipinski definition) is 0. The average Bonchev–Trinajstić information content (AvgIpc) is 2.41. The second kappa shape index (κ2) is 6.33. The van der Waals surface area contributed by atoms with E-state index in [0.29, 0.717) is 24.5 Å². The van der Waals surface area contributed by atoms with Gasteiger partial charge in [0.2, 0.25) is 0 Å². The molecule has 1 aliphatic carbocycles. The Morgan fingerprint density at radius 3 is 2.47 bits per heavy atom. The van der Waals surface area contributed by atoms with Crippen LogP contribution >= 0.6 is 0 Å². The number of benzene rings is 1. The predicted molar refractivity (Wildman–Crippen MR) is 77.4 cm³/mol. The largest absolute Gasteiger partial charge is 0.378 e. The fraction of sp³-hybridized carbons (Fsp3) is 0.588. The maximum absolute atomic E-state index is 11.9. The summed E-state index contributed by atoms with van der Waals surface area (Å²) in [6, 6.07) is 9.46. The van der Waals surface area contributed by atoms with E-state index < -0.39 is 0 Å². The quantitative estimate of drug-likeness (QED) is 0.740. The van der Waals surface area contributed by atoms with Crippen LogP contribution in [0.1, 0.15) is 56.3 Å². The third kappa shape index (κ3) is 4.46. The highest BCUT2D eigenvalue weighted by atomic mass is 16.5. The van der Waals surface area contributed by atoms with Crippen LogP contribution in [0.4, 0.5) is 0 Å². The van der Waals surface area contributed by atoms with Gasteiger partial charge in [0.15, 0.2) is 5.78 Å². The summed E-state index contributed by atoms with van der Waals surface area (Å²) in [5, 5.41) is 0. The molecule has 2 heteroatoms. The Hall–Kier alpha value is -1.15. The molecule has 0 saturated heterocycles. The normalized spacial score (nSPS) is 19.3. The van der Waals surface area contributed by atoms with Crippen LogP contribution in [0.15, 0.2) is 30.3 Å². The summed E-state index contributed by atoms with van der Waals surface area (Å²) < 4.78 is 5.85. The van der Waals surface area contributed by atoms with Crippen molar-refractivity contribution in [2.24, 2.45) is 5.41 Å². The van der Waals surface area contributed by atoms with Crippen molar-refractivity contribution in [3.63, 3.8) is 0 Å². The minimum Gasteiger partial charge on any atom is -0.378 e. The molecule has 0 aliphatic heterocycles. The first-order valence-corrected chi connectivity index (χ1v) is 7.27. The van der Waals surface area contributed by atoms with Gasteiger partial charge in [-0.1, -0.05) is 44.2 Å². The Bertz CT molecular complexity index is 399. The van der Waals surface area contributed by atoms with Gasteiger partial charge in [-0.15, -0.1) is 0 Å². The highest BCUT2D eigenvalue weighted by molar-refractivity contribution is 5.96. The Balaban J connectivity index is 1.69. The summed E-state index contributed by atoms with van der Waals surface area (Å²) >= 11 is 0. The van der Waals surface area contributed by atoms with Gasteiger partial charge < -0.3 is 4.74 Å². The molecule has 2 nitrogen and oxygen atoms in total. The molecule has 0 amide bonds. The van der Waals surface area contributed by atoms with Crippen LogP contribution in [0, 0.1) is 5.41 Å². The lowest BCUT2D eigenvalue weighted by atomic mass is 9.76. The van der Waals surface area contributed by atoms with E-state index in [1.807, 2.05) is 30.3 Å². The molecule has 1 fully saturated rings. The molecule has 1 aromatic carbocycles. The van der Waals surface area contributed by atoms with Gasteiger partial charge in [-0.3, -0.25) is 4.79 Å². The highest BCUT2D eigenvalue weighted by Gasteiger charge is 2.27. The van der Waals surface area contributed by atoms with Gasteiger partial charge in [0.25, 0.3) is 0 Å². The molecule has 0 N–H and O–H groups in total. The third-order valence-corrected chi connectivity index (χ3v) is 4.06. The number of ketones is 1. The van der Waals surface area contributed by atoms with Crippen LogP contribution in [0.3, 0.4) is 0 Å². The van der Waals surface area contributed by atoms with Crippen molar-refractivity contribution in [3.8, 4) is 0 Å². The standard InChI is InChI=1S/C17H24O2/c1-17(2)11-8-15(9-12-17)19-13-10-16(18)14-6-4-3-5-7-14/h3-7,15H,8-13H2,1-2H3. The fourth-order valence-corrected chi connectivity index (χ4v) is 2.63. The molecule has 1 saturated carbocycles. The molecule has 0 aromatic heterocycles. The van der Waals surface area contributed by atoms with Crippen LogP contribution < -0.4 is 0 Å². The van der Waals surface area contributed by atoms with E-state index in [-0.39, 0.29) is 5.78 Å². The van der Waals surface area contributed by atoms with E-state index >= 15 is 0 Å². The van der Waals surface area contributed by atoms with Gasteiger partial charge in [0.1, 0.15) is 0 Å². The van der Waals surface area contributed by atoms with E-state index in [0.717, 1.165) is 18.4 Å². The number of Topliss-reactive ketones (excluding diaryl/α,β-unsaturated/α-hetero) is 1. The zero-order valence-electron chi connectivity index (χ0n) is 12.0. The van der Waals surface area contributed by atoms with Crippen molar-refractivity contribution in [1.29, 1.82) is 0 Å². The van der Waals surface area contributed by atoms with Gasteiger partial charge in [0, 0.05) is 12.0 Å². The molecule has 0 bridgehead atoms. The second-order valence-electron chi connectivity index (χ2n) is 6.27. The lowest BCUT2D eigenvalue weighted by molar-refractivity contribution is 0.00444. The van der Waals surface area contributed by atoms with Gasteiger partial charge in [-0.05, 0) is 31.1 Å². The molecule has 1 aliphatic rings. The summed E-state index contributed by atoms with van der Waals surface area (Å²) in [5.41, 5.74) is 1.26. The highest BCUT2D eigenvalue weighted by Crippen LogP contribution is 2.36. The number of carbonyl (C=O) groups is 1. The number of ether oxygens (including phenoxy) is 1. The topological polar surface area (TPSA) is 26.3 Å². The van der Waals surface area contributed by atoms with Gasteiger partial charge in [0.05, 0.1) is 12.7 Å². The summed E-state index contributed by atoms with van der Waals surface area (Å²) in [5.74, 6) is 0.178. The van der Waals surface area contributed by atoms with Gasteiger partial charge >= 0.3 is 0 Å². The van der Waals surface area contributed by atoms with Crippen molar-refractivity contribution < 1.29 is 9.53 Å². The second-order valence-corrected chi connectivity index (χ2v) is 6.27. The molecular formula is C17H24O2. The molecule has 104 valence electrons. The fourth-order valence-electron chi connectivity index (χ4n) is 2.63. The molecule has 2 rings (SSSR count). The van der Waals surface area contributed by atoms with E-state index in [2.05, 4.69) is 13.8 Å². The first-order chi connectivity index (χ1) is 9.07. The van der Waals surface area contributed by atoms with Gasteiger partial charge in [-0.2, -0.15) is 0 Å². The molecule has 0 atom stereocenters. The molecule has 0 unspecified atom stereocenters. The maximum Gasteiger partial charge on any atom is 0.165 e. The Kier molecular flexibility index (Phi) is 4.76. The first kappa shape index (κ1) is 14.3. The summed E-state index contributed by atoms with van der Waals surface area (Å²) in [4.78, 5) is 11.9. The number of carbonyl (C=O) groups excluding carboxylic acids is 1. The zero-order chi connectivity index (χ0) is 13.7. The smallest absolute Gasteiger partial charge is 0.165 e. The first-order valence-electron chi connectivity index (χ1n) is 7.27. The summed E-state index contributed by atoms with van der Waals surface area (Å²) in [6.45, 7) is 5.20. The van der Waals surface area contributed by atoms with Crippen LogP contribution in [0.25, 0.3) is 0 Å². The summed E-state index contributed by atoms with van der Waals surface area (Å²) in [6.07, 6.45) is 5.56. The van der Waals surface area contributed by atoms with Crippen LogP contribution in [-0.2, 0) is 4.74 Å². The lowest BCUT2D eigenvalue weighted by Crippen LogP contribution is -2.27. The van der Waals surface area contributed by atoms with Crippen molar-refractivity contribution in [2.45, 2.75) is 52.1 Å². The van der Waals surface area contributed by atoms with Crippen molar-refractivity contribution in [3.05, 3.63) is 35.9 Å². The molecule has 0 spiro atoms. The molecule has 0 heterocycles. The van der Waals surface area contributed by atoms with Gasteiger partial charge in [-0.25, -0.2) is 0 Å². The number of rotatable bonds is 5. The molecule has 0 radical (unpaired) electrons. The van der Waals surface area contributed by atoms with Crippen LogP contribution in [-0.4, -0.2) is 18.5 Å². The zero-order valence-corrected chi connectivity index (χ0v) is 12.0. The van der Waals surface area contributed by atoms with E-state index in [9.17, 15) is 4.79 Å². The molecule has 19 heavy (non-hydrogen) atoms. The lowest BCUT2D eigenvalue weighted by Gasteiger charge is -2.34. The predicted octanol–water partition coefficient (Wildman–Crippen LogP) is 4.24. The van der Waals surface area contributed by atoms with E-state index in [1.165, 1.54) is 12.8 Å². The van der Waals surface area contributed by atoms with Crippen molar-refractivity contribution in [1.82, 2.24) is 0 Å². The minimum absolute atomic E-state index is 0.178. The van der Waals surface area contributed by atoms with Crippen LogP contribution in [0.2, 0.25) is 0 Å². The monoisotopic (exact) mass is 260 g/mol. The van der Waals surface area contributed by atoms with Crippen molar-refractivity contribution in [2.75, 3.05) is 6.61 Å². The Morgan fingerprint density at radius 2 is 1.84 bits per heavy atom. The molecule has 1 aromatic rings. The maximum atomic E-state index is 11.9. The van der Waals surface area contributed by atoms with E-state index in [4.69, 9.17) is 4.74 Å². The van der Waals surface area contributed by atoms with Crippen LogP contribution in [0.5, 0.6) is 0 Å². The Morgan fingerprint density at radius 1 is 1.21 bits per heavy atom. The molecular weight excluding hydrogens is 236 g/mol. The minimum atomic E-state index is 0.178. The SMILES string of the molecule is CC1(C)CCC(OCCC(=O)c2ccccc2)CC1. The van der Waals surface area contributed by atoms with E-state index in [1.54, 1.807) is 0 Å². The Labute approximate surface area is 116 Å². The third-order valence-electron chi connectivity index (χ3n) is 4.06. The number of hydrogen-bond acceptors (Lipinski definition) is 2. The average molecular weight is 260 g/mol.